The van der Waals surface area contributed by atoms with Crippen LogP contribution in [0.25, 0.3) is 10.9 Å². The molecule has 0 radical (unpaired) electrons. The molecule has 124 valence electrons. The van der Waals surface area contributed by atoms with E-state index in [2.05, 4.69) is 15.9 Å². The number of halogens is 1. The maximum absolute atomic E-state index is 13.1. The lowest BCUT2D eigenvalue weighted by atomic mass is 10.0. The average Bonchev–Trinajstić information content (AvgIpc) is 2.86. The summed E-state index contributed by atoms with van der Waals surface area (Å²) in [6.07, 6.45) is 0.770. The van der Waals surface area contributed by atoms with Crippen molar-refractivity contribution < 1.29 is 13.2 Å². The number of aromatic nitrogens is 1. The Labute approximate surface area is 149 Å². The first-order valence-electron chi connectivity index (χ1n) is 7.36. The quantitative estimate of drug-likeness (QED) is 0.607. The molecule has 1 aromatic heterocycles. The SMILES string of the molecule is Cc1ccc(S(=O)(=O)n2c(Br)cc3c(C=O)c(C)cc(C)c32)cc1. The fourth-order valence-corrected chi connectivity index (χ4v) is 5.36. The standard InChI is InChI=1S/C18H16BrNO3S/c1-11-4-6-14(7-5-11)24(22,23)20-17(19)9-15-16(10-21)12(2)8-13(3)18(15)20/h4-10H,1-3H3. The number of carbonyl (C=O) groups is 1. The maximum Gasteiger partial charge on any atom is 0.269 e. The highest BCUT2D eigenvalue weighted by molar-refractivity contribution is 9.10. The van der Waals surface area contributed by atoms with Crippen molar-refractivity contribution in [3.05, 3.63) is 63.3 Å². The summed E-state index contributed by atoms with van der Waals surface area (Å²) in [4.78, 5) is 11.7. The van der Waals surface area contributed by atoms with Gasteiger partial charge in [-0.1, -0.05) is 23.8 Å². The van der Waals surface area contributed by atoms with Crippen LogP contribution in [0.1, 0.15) is 27.0 Å². The normalized spacial score (nSPS) is 11.8. The Morgan fingerprint density at radius 3 is 2.21 bits per heavy atom. The topological polar surface area (TPSA) is 56.1 Å². The molecule has 1 heterocycles. The lowest BCUT2D eigenvalue weighted by Crippen LogP contribution is -2.14. The van der Waals surface area contributed by atoms with Crippen molar-refractivity contribution in [3.63, 3.8) is 0 Å². The number of carbonyl (C=O) groups excluding carboxylic acids is 1. The highest BCUT2D eigenvalue weighted by atomic mass is 79.9. The number of rotatable bonds is 3. The molecule has 0 aliphatic carbocycles. The number of aryl methyl sites for hydroxylation is 3. The van der Waals surface area contributed by atoms with Gasteiger partial charge in [-0.25, -0.2) is 12.4 Å². The van der Waals surface area contributed by atoms with E-state index in [0.717, 1.165) is 23.0 Å². The van der Waals surface area contributed by atoms with Crippen LogP contribution in [0.4, 0.5) is 0 Å². The lowest BCUT2D eigenvalue weighted by molar-refractivity contribution is 0.112. The third-order valence-electron chi connectivity index (χ3n) is 4.11. The molecule has 0 N–H and O–H groups in total. The molecule has 0 amide bonds. The number of nitrogens with zero attached hydrogens (tertiary/aromatic N) is 1. The van der Waals surface area contributed by atoms with Gasteiger partial charge in [0.25, 0.3) is 10.0 Å². The van der Waals surface area contributed by atoms with Gasteiger partial charge in [0.05, 0.1) is 10.4 Å². The Morgan fingerprint density at radius 1 is 1.00 bits per heavy atom. The average molecular weight is 406 g/mol. The van der Waals surface area contributed by atoms with Crippen LogP contribution in [0.3, 0.4) is 0 Å². The van der Waals surface area contributed by atoms with Crippen molar-refractivity contribution >= 4 is 43.1 Å². The van der Waals surface area contributed by atoms with Gasteiger partial charge in [0.1, 0.15) is 4.60 Å². The summed E-state index contributed by atoms with van der Waals surface area (Å²) in [6.45, 7) is 5.59. The summed E-state index contributed by atoms with van der Waals surface area (Å²) in [6, 6.07) is 10.2. The van der Waals surface area contributed by atoms with Crippen molar-refractivity contribution in [2.24, 2.45) is 0 Å². The largest absolute Gasteiger partial charge is 0.298 e. The number of fused-ring (bicyclic) bond motifs is 1. The van der Waals surface area contributed by atoms with Gasteiger partial charge < -0.3 is 0 Å². The van der Waals surface area contributed by atoms with Crippen LogP contribution in [0.15, 0.2) is 45.9 Å². The molecule has 24 heavy (non-hydrogen) atoms. The Kier molecular flexibility index (Phi) is 4.13. The Bertz CT molecular complexity index is 1060. The highest BCUT2D eigenvalue weighted by Gasteiger charge is 2.24. The van der Waals surface area contributed by atoms with Gasteiger partial charge in [0.15, 0.2) is 6.29 Å². The predicted molar refractivity (Wildman–Crippen MR) is 98.3 cm³/mol. The lowest BCUT2D eigenvalue weighted by Gasteiger charge is -2.12. The van der Waals surface area contributed by atoms with E-state index < -0.39 is 10.0 Å². The molecule has 3 rings (SSSR count). The summed E-state index contributed by atoms with van der Waals surface area (Å²) in [5, 5.41) is 0.630. The molecule has 0 unspecified atom stereocenters. The second-order valence-corrected chi connectivity index (χ2v) is 8.45. The zero-order valence-electron chi connectivity index (χ0n) is 13.5. The zero-order chi connectivity index (χ0) is 17.6. The van der Waals surface area contributed by atoms with Crippen LogP contribution in [-0.4, -0.2) is 18.7 Å². The molecule has 3 aromatic rings. The number of hydrogen-bond acceptors (Lipinski definition) is 3. The summed E-state index contributed by atoms with van der Waals surface area (Å²) in [5.41, 5.74) is 3.65. The predicted octanol–water partition coefficient (Wildman–Crippen LogP) is 4.38. The zero-order valence-corrected chi connectivity index (χ0v) is 15.9. The maximum atomic E-state index is 13.1. The molecule has 0 atom stereocenters. The van der Waals surface area contributed by atoms with Crippen molar-refractivity contribution in [1.29, 1.82) is 0 Å². The van der Waals surface area contributed by atoms with Crippen molar-refractivity contribution in [1.82, 2.24) is 3.97 Å². The first-order chi connectivity index (χ1) is 11.3. The summed E-state index contributed by atoms with van der Waals surface area (Å²) in [7, 11) is -3.78. The van der Waals surface area contributed by atoms with Crippen LogP contribution in [0, 0.1) is 20.8 Å². The highest BCUT2D eigenvalue weighted by Crippen LogP contribution is 2.34. The fraction of sp³-hybridized carbons (Fsp3) is 0.167. The van der Waals surface area contributed by atoms with Gasteiger partial charge in [-0.15, -0.1) is 0 Å². The van der Waals surface area contributed by atoms with Crippen LogP contribution >= 0.6 is 15.9 Å². The third kappa shape index (κ3) is 2.50. The molecule has 2 aromatic carbocycles. The molecular weight excluding hydrogens is 390 g/mol. The van der Waals surface area contributed by atoms with Gasteiger partial charge >= 0.3 is 0 Å². The number of aldehydes is 1. The van der Waals surface area contributed by atoms with Gasteiger partial charge in [-0.3, -0.25) is 4.79 Å². The number of hydrogen-bond donors (Lipinski definition) is 0. The van der Waals surface area contributed by atoms with Crippen molar-refractivity contribution in [2.45, 2.75) is 25.7 Å². The number of benzene rings is 2. The van der Waals surface area contributed by atoms with Crippen LogP contribution in [0.5, 0.6) is 0 Å². The Hall–Kier alpha value is -1.92. The van der Waals surface area contributed by atoms with Gasteiger partial charge in [-0.2, -0.15) is 0 Å². The molecule has 0 fully saturated rings. The molecule has 0 saturated heterocycles. The van der Waals surface area contributed by atoms with E-state index in [1.54, 1.807) is 30.3 Å². The van der Waals surface area contributed by atoms with Crippen molar-refractivity contribution in [3.8, 4) is 0 Å². The molecule has 0 saturated carbocycles. The van der Waals surface area contributed by atoms with Crippen molar-refractivity contribution in [2.75, 3.05) is 0 Å². The third-order valence-corrected chi connectivity index (χ3v) is 6.66. The molecule has 4 nitrogen and oxygen atoms in total. The Morgan fingerprint density at radius 2 is 1.62 bits per heavy atom. The smallest absolute Gasteiger partial charge is 0.269 e. The van der Waals surface area contributed by atoms with Gasteiger partial charge in [-0.05, 0) is 66.0 Å². The minimum atomic E-state index is -3.78. The van der Waals surface area contributed by atoms with E-state index in [0.29, 0.717) is 21.1 Å². The molecule has 0 spiro atoms. The van der Waals surface area contributed by atoms with E-state index in [9.17, 15) is 13.2 Å². The molecule has 0 aliphatic rings. The molecule has 0 bridgehead atoms. The minimum absolute atomic E-state index is 0.207. The van der Waals surface area contributed by atoms with Crippen LogP contribution in [-0.2, 0) is 10.0 Å². The van der Waals surface area contributed by atoms with Crippen LogP contribution in [0.2, 0.25) is 0 Å². The van der Waals surface area contributed by atoms with E-state index in [1.165, 1.54) is 3.97 Å². The van der Waals surface area contributed by atoms with E-state index in [4.69, 9.17) is 0 Å². The van der Waals surface area contributed by atoms with E-state index >= 15 is 0 Å². The van der Waals surface area contributed by atoms with E-state index in [-0.39, 0.29) is 4.90 Å². The summed E-state index contributed by atoms with van der Waals surface area (Å²) < 4.78 is 27.9. The second kappa shape index (κ2) is 5.86. The van der Waals surface area contributed by atoms with Gasteiger partial charge in [0, 0.05) is 10.9 Å². The summed E-state index contributed by atoms with van der Waals surface area (Å²) >= 11 is 3.35. The van der Waals surface area contributed by atoms with Crippen LogP contribution < -0.4 is 0 Å². The molecule has 6 heteroatoms. The minimum Gasteiger partial charge on any atom is -0.298 e. The molecular formula is C18H16BrNO3S. The summed E-state index contributed by atoms with van der Waals surface area (Å²) in [5.74, 6) is 0. The second-order valence-electron chi connectivity index (χ2n) is 5.85. The van der Waals surface area contributed by atoms with E-state index in [1.807, 2.05) is 26.8 Å². The Balaban J connectivity index is 2.40. The molecule has 0 aliphatic heterocycles. The first kappa shape index (κ1) is 16.9. The first-order valence-corrected chi connectivity index (χ1v) is 9.59. The fourth-order valence-electron chi connectivity index (χ4n) is 2.93. The van der Waals surface area contributed by atoms with Gasteiger partial charge in [0.2, 0.25) is 0 Å². The monoisotopic (exact) mass is 405 g/mol.